The first-order chi connectivity index (χ1) is 10.00. The molecule has 0 radical (unpaired) electrons. The zero-order valence-corrected chi connectivity index (χ0v) is 13.4. The van der Waals surface area contributed by atoms with Crippen LogP contribution in [0.3, 0.4) is 0 Å². The van der Waals surface area contributed by atoms with E-state index in [1.807, 2.05) is 31.2 Å². The standard InChI is InChI=1S/C17H21ClN2O/c1-13(14-6-8-15(18)9-7-14)20(2)16(21)17(12-19)10-4-3-5-11-17/h6-9,13H,3-5,10-11H2,1-2H3. The molecule has 2 rings (SSSR count). The zero-order valence-electron chi connectivity index (χ0n) is 12.6. The fourth-order valence-corrected chi connectivity index (χ4v) is 3.13. The molecule has 3 nitrogen and oxygen atoms in total. The maximum atomic E-state index is 12.8. The van der Waals surface area contributed by atoms with Gasteiger partial charge in [-0.2, -0.15) is 5.26 Å². The van der Waals surface area contributed by atoms with E-state index in [0.717, 1.165) is 24.8 Å². The summed E-state index contributed by atoms with van der Waals surface area (Å²) in [4.78, 5) is 14.5. The lowest BCUT2D eigenvalue weighted by Crippen LogP contribution is -2.43. The van der Waals surface area contributed by atoms with E-state index >= 15 is 0 Å². The van der Waals surface area contributed by atoms with Gasteiger partial charge in [0.1, 0.15) is 5.41 Å². The van der Waals surface area contributed by atoms with Crippen molar-refractivity contribution in [1.82, 2.24) is 4.90 Å². The molecule has 1 aliphatic rings. The van der Waals surface area contributed by atoms with Crippen molar-refractivity contribution in [3.05, 3.63) is 34.9 Å². The summed E-state index contributed by atoms with van der Waals surface area (Å²) in [5.41, 5.74) is 0.201. The van der Waals surface area contributed by atoms with Crippen LogP contribution in [0.15, 0.2) is 24.3 Å². The van der Waals surface area contributed by atoms with Crippen molar-refractivity contribution in [2.24, 2.45) is 5.41 Å². The van der Waals surface area contributed by atoms with E-state index in [1.165, 1.54) is 0 Å². The fraction of sp³-hybridized carbons (Fsp3) is 0.529. The number of hydrogen-bond donors (Lipinski definition) is 0. The van der Waals surface area contributed by atoms with E-state index in [1.54, 1.807) is 11.9 Å². The average Bonchev–Trinajstić information content (AvgIpc) is 2.54. The number of nitrogens with zero attached hydrogens (tertiary/aromatic N) is 2. The molecule has 0 spiro atoms. The van der Waals surface area contributed by atoms with Gasteiger partial charge in [-0.3, -0.25) is 4.79 Å². The molecule has 0 aliphatic heterocycles. The van der Waals surface area contributed by atoms with Gasteiger partial charge in [-0.15, -0.1) is 0 Å². The molecule has 1 fully saturated rings. The number of carbonyl (C=O) groups is 1. The Labute approximate surface area is 131 Å². The Morgan fingerprint density at radius 3 is 2.38 bits per heavy atom. The highest BCUT2D eigenvalue weighted by Gasteiger charge is 2.42. The topological polar surface area (TPSA) is 44.1 Å². The largest absolute Gasteiger partial charge is 0.338 e. The summed E-state index contributed by atoms with van der Waals surface area (Å²) < 4.78 is 0. The summed E-state index contributed by atoms with van der Waals surface area (Å²) in [5, 5.41) is 10.2. The van der Waals surface area contributed by atoms with Crippen molar-refractivity contribution in [3.63, 3.8) is 0 Å². The summed E-state index contributed by atoms with van der Waals surface area (Å²) >= 11 is 5.90. The summed E-state index contributed by atoms with van der Waals surface area (Å²) in [6.07, 6.45) is 4.40. The molecule has 21 heavy (non-hydrogen) atoms. The molecule has 1 aliphatic carbocycles. The molecule has 0 bridgehead atoms. The van der Waals surface area contributed by atoms with Crippen LogP contribution < -0.4 is 0 Å². The second-order valence-corrected chi connectivity index (χ2v) is 6.33. The molecule has 0 aromatic heterocycles. The maximum Gasteiger partial charge on any atom is 0.243 e. The van der Waals surface area contributed by atoms with Crippen molar-refractivity contribution in [2.75, 3.05) is 7.05 Å². The SMILES string of the molecule is CC(c1ccc(Cl)cc1)N(C)C(=O)C1(C#N)CCCCC1. The molecule has 1 atom stereocenters. The zero-order chi connectivity index (χ0) is 15.5. The van der Waals surface area contributed by atoms with Gasteiger partial charge >= 0.3 is 0 Å². The number of halogens is 1. The smallest absolute Gasteiger partial charge is 0.243 e. The van der Waals surface area contributed by atoms with Gasteiger partial charge in [0.25, 0.3) is 0 Å². The average molecular weight is 305 g/mol. The quantitative estimate of drug-likeness (QED) is 0.834. The molecule has 112 valence electrons. The highest BCUT2D eigenvalue weighted by Crippen LogP contribution is 2.38. The highest BCUT2D eigenvalue weighted by molar-refractivity contribution is 6.30. The molecule has 0 heterocycles. The third-order valence-corrected chi connectivity index (χ3v) is 4.84. The van der Waals surface area contributed by atoms with E-state index in [-0.39, 0.29) is 11.9 Å². The van der Waals surface area contributed by atoms with Gasteiger partial charge in [0, 0.05) is 12.1 Å². The Kier molecular flexibility index (Phi) is 4.90. The van der Waals surface area contributed by atoms with Gasteiger partial charge in [-0.25, -0.2) is 0 Å². The van der Waals surface area contributed by atoms with E-state index in [9.17, 15) is 10.1 Å². The lowest BCUT2D eigenvalue weighted by Gasteiger charge is -2.36. The third kappa shape index (κ3) is 3.22. The molecule has 1 unspecified atom stereocenters. The molecule has 0 saturated heterocycles. The van der Waals surface area contributed by atoms with Crippen LogP contribution in [0.25, 0.3) is 0 Å². The minimum Gasteiger partial charge on any atom is -0.338 e. The number of hydrogen-bond acceptors (Lipinski definition) is 2. The van der Waals surface area contributed by atoms with Gasteiger partial charge in [0.2, 0.25) is 5.91 Å². The van der Waals surface area contributed by atoms with E-state index < -0.39 is 5.41 Å². The Morgan fingerprint density at radius 2 is 1.86 bits per heavy atom. The molecular formula is C17H21ClN2O. The fourth-order valence-electron chi connectivity index (χ4n) is 3.01. The van der Waals surface area contributed by atoms with Crippen molar-refractivity contribution in [2.45, 2.75) is 45.1 Å². The van der Waals surface area contributed by atoms with Crippen molar-refractivity contribution >= 4 is 17.5 Å². The Hall–Kier alpha value is -1.53. The predicted octanol–water partition coefficient (Wildman–Crippen LogP) is 4.33. The monoisotopic (exact) mass is 304 g/mol. The van der Waals surface area contributed by atoms with Gasteiger partial charge < -0.3 is 4.90 Å². The lowest BCUT2D eigenvalue weighted by molar-refractivity contribution is -0.141. The van der Waals surface area contributed by atoms with Crippen LogP contribution in [0.5, 0.6) is 0 Å². The number of carbonyl (C=O) groups excluding carboxylic acids is 1. The van der Waals surface area contributed by atoms with Crippen LogP contribution in [0, 0.1) is 16.7 Å². The minimum absolute atomic E-state index is 0.0489. The number of benzene rings is 1. The minimum atomic E-state index is -0.826. The Bertz CT molecular complexity index is 541. The van der Waals surface area contributed by atoms with Gasteiger partial charge in [0.15, 0.2) is 0 Å². The maximum absolute atomic E-state index is 12.8. The second-order valence-electron chi connectivity index (χ2n) is 5.90. The molecule has 1 saturated carbocycles. The molecule has 0 N–H and O–H groups in total. The van der Waals surface area contributed by atoms with Gasteiger partial charge in [0.05, 0.1) is 12.1 Å². The summed E-state index contributed by atoms with van der Waals surface area (Å²) in [5.74, 6) is -0.0489. The van der Waals surface area contributed by atoms with Crippen LogP contribution in [0.2, 0.25) is 5.02 Å². The van der Waals surface area contributed by atoms with Crippen molar-refractivity contribution < 1.29 is 4.79 Å². The van der Waals surface area contributed by atoms with E-state index in [0.29, 0.717) is 17.9 Å². The molecular weight excluding hydrogens is 284 g/mol. The van der Waals surface area contributed by atoms with E-state index in [4.69, 9.17) is 11.6 Å². The molecule has 4 heteroatoms. The number of amides is 1. The summed E-state index contributed by atoms with van der Waals surface area (Å²) in [7, 11) is 1.79. The van der Waals surface area contributed by atoms with Crippen LogP contribution in [-0.4, -0.2) is 17.9 Å². The van der Waals surface area contributed by atoms with Gasteiger partial charge in [-0.05, 0) is 37.5 Å². The first-order valence-electron chi connectivity index (χ1n) is 7.44. The third-order valence-electron chi connectivity index (χ3n) is 4.58. The molecule has 1 aromatic carbocycles. The van der Waals surface area contributed by atoms with Crippen molar-refractivity contribution in [3.8, 4) is 6.07 Å². The Balaban J connectivity index is 2.18. The lowest BCUT2D eigenvalue weighted by atomic mass is 9.74. The Morgan fingerprint density at radius 1 is 1.29 bits per heavy atom. The first-order valence-corrected chi connectivity index (χ1v) is 7.82. The number of nitriles is 1. The summed E-state index contributed by atoms with van der Waals surface area (Å²) in [6.45, 7) is 1.98. The predicted molar refractivity (Wildman–Crippen MR) is 83.8 cm³/mol. The van der Waals surface area contributed by atoms with Crippen LogP contribution >= 0.6 is 11.6 Å². The van der Waals surface area contributed by atoms with Crippen LogP contribution in [0.4, 0.5) is 0 Å². The molecule has 1 aromatic rings. The van der Waals surface area contributed by atoms with Crippen LogP contribution in [-0.2, 0) is 4.79 Å². The van der Waals surface area contributed by atoms with Crippen LogP contribution in [0.1, 0.15) is 50.6 Å². The summed E-state index contributed by atoms with van der Waals surface area (Å²) in [6, 6.07) is 9.74. The van der Waals surface area contributed by atoms with Crippen molar-refractivity contribution in [1.29, 1.82) is 5.26 Å². The van der Waals surface area contributed by atoms with E-state index in [2.05, 4.69) is 6.07 Å². The number of rotatable bonds is 3. The highest BCUT2D eigenvalue weighted by atomic mass is 35.5. The molecule has 1 amide bonds. The normalized spacial score (nSPS) is 18.6. The van der Waals surface area contributed by atoms with Gasteiger partial charge in [-0.1, -0.05) is 43.0 Å². The second kappa shape index (κ2) is 6.49. The first kappa shape index (κ1) is 15.9.